The maximum atomic E-state index is 5.57. The van der Waals surface area contributed by atoms with E-state index < -0.39 is 5.41 Å². The first kappa shape index (κ1) is 38.7. The van der Waals surface area contributed by atoms with E-state index in [1.165, 1.54) is 55.6 Å². The van der Waals surface area contributed by atoms with Gasteiger partial charge in [-0.1, -0.05) is 218 Å². The fraction of sp³-hybridized carbons (Fsp3) is 0.0154. The van der Waals surface area contributed by atoms with Crippen LogP contribution in [0.5, 0.6) is 0 Å². The SMILES string of the molecule is c1ccc(-c2cccc(-c3cc(-c4ccc5c(c4)-c4ccccc4-c4ccccc4C54c5ccccc5-c5ccccc54)nc(-c4cc(-c5ccccc5)cc(-c5ccccc5)c4)n3)c2)cc1. The molecule has 1 aromatic heterocycles. The minimum absolute atomic E-state index is 0.553. The van der Waals surface area contributed by atoms with Crippen molar-refractivity contribution >= 4 is 0 Å². The highest BCUT2D eigenvalue weighted by Gasteiger charge is 2.49. The molecule has 0 amide bonds. The van der Waals surface area contributed by atoms with E-state index in [-0.39, 0.29) is 0 Å². The Bertz CT molecular complexity index is 3580. The van der Waals surface area contributed by atoms with Crippen molar-refractivity contribution in [1.29, 1.82) is 0 Å². The van der Waals surface area contributed by atoms with Gasteiger partial charge < -0.3 is 0 Å². The molecule has 312 valence electrons. The van der Waals surface area contributed by atoms with Crippen LogP contribution in [0.2, 0.25) is 0 Å². The number of benzene rings is 10. The van der Waals surface area contributed by atoms with Crippen LogP contribution in [0.15, 0.2) is 255 Å². The van der Waals surface area contributed by atoms with Crippen molar-refractivity contribution in [1.82, 2.24) is 9.97 Å². The topological polar surface area (TPSA) is 25.8 Å². The van der Waals surface area contributed by atoms with Crippen LogP contribution in [-0.2, 0) is 5.41 Å². The van der Waals surface area contributed by atoms with E-state index in [0.29, 0.717) is 5.82 Å². The lowest BCUT2D eigenvalue weighted by atomic mass is 9.66. The van der Waals surface area contributed by atoms with Crippen LogP contribution in [0.4, 0.5) is 0 Å². The van der Waals surface area contributed by atoms with Crippen molar-refractivity contribution in [2.45, 2.75) is 5.41 Å². The van der Waals surface area contributed by atoms with Crippen LogP contribution >= 0.6 is 0 Å². The molecule has 0 saturated heterocycles. The molecule has 13 rings (SSSR count). The number of nitrogens with zero attached hydrogens (tertiary/aromatic N) is 2. The number of hydrogen-bond donors (Lipinski definition) is 0. The largest absolute Gasteiger partial charge is 0.228 e. The number of hydrogen-bond acceptors (Lipinski definition) is 2. The first-order valence-electron chi connectivity index (χ1n) is 23.1. The third-order valence-electron chi connectivity index (χ3n) is 13.9. The third kappa shape index (κ3) is 6.33. The molecule has 1 spiro atoms. The van der Waals surface area contributed by atoms with Gasteiger partial charge in [-0.15, -0.1) is 0 Å². The molecule has 11 aromatic rings. The zero-order chi connectivity index (χ0) is 44.3. The second-order valence-electron chi connectivity index (χ2n) is 17.6. The van der Waals surface area contributed by atoms with E-state index in [2.05, 4.69) is 255 Å². The monoisotopic (exact) mass is 850 g/mol. The number of rotatable bonds is 6. The molecule has 1 heterocycles. The maximum absolute atomic E-state index is 5.57. The standard InChI is InChI=1S/C65H42N2/c1-4-19-43(20-5-1)46-25-18-26-47(37-46)62-42-63(67-64(66-62)51-39-49(44-21-6-2-7-22-44)38-50(40-51)45-23-8-3-9-24-45)48-35-36-61-57(41-48)53-28-11-10-27-52(53)54-29-12-15-32-58(54)65(61)59-33-16-13-30-55(59)56-31-14-17-34-60(56)65/h1-42H. The van der Waals surface area contributed by atoms with Gasteiger partial charge in [-0.3, -0.25) is 0 Å². The van der Waals surface area contributed by atoms with Gasteiger partial charge in [0, 0.05) is 16.7 Å². The van der Waals surface area contributed by atoms with Gasteiger partial charge in [-0.25, -0.2) is 9.97 Å². The van der Waals surface area contributed by atoms with E-state index in [1.807, 2.05) is 0 Å². The molecule has 0 aliphatic heterocycles. The Morgan fingerprint density at radius 2 is 0.567 bits per heavy atom. The average Bonchev–Trinajstić information content (AvgIpc) is 3.66. The molecule has 10 aromatic carbocycles. The minimum Gasteiger partial charge on any atom is -0.228 e. The van der Waals surface area contributed by atoms with E-state index in [1.54, 1.807) is 0 Å². The molecule has 0 atom stereocenters. The van der Waals surface area contributed by atoms with Gasteiger partial charge in [0.15, 0.2) is 5.82 Å². The van der Waals surface area contributed by atoms with Gasteiger partial charge in [-0.05, 0) is 125 Å². The Labute approximate surface area is 391 Å². The number of aromatic nitrogens is 2. The van der Waals surface area contributed by atoms with Gasteiger partial charge >= 0.3 is 0 Å². The van der Waals surface area contributed by atoms with Gasteiger partial charge in [0.1, 0.15) is 0 Å². The Hall–Kier alpha value is -8.72. The van der Waals surface area contributed by atoms with Crippen molar-refractivity contribution in [2.24, 2.45) is 0 Å². The molecule has 2 aliphatic rings. The highest BCUT2D eigenvalue weighted by molar-refractivity contribution is 5.98. The first-order valence-corrected chi connectivity index (χ1v) is 23.1. The quantitative estimate of drug-likeness (QED) is 0.167. The van der Waals surface area contributed by atoms with E-state index in [0.717, 1.165) is 61.5 Å². The minimum atomic E-state index is -0.553. The Balaban J connectivity index is 1.08. The smallest absolute Gasteiger partial charge is 0.160 e. The summed E-state index contributed by atoms with van der Waals surface area (Å²) in [5, 5.41) is 0. The molecule has 2 aliphatic carbocycles. The Kier molecular flexibility index (Phi) is 9.11. The molecule has 0 N–H and O–H groups in total. The lowest BCUT2D eigenvalue weighted by Crippen LogP contribution is -2.29. The molecule has 0 fully saturated rings. The van der Waals surface area contributed by atoms with Crippen molar-refractivity contribution in [3.8, 4) is 101 Å². The lowest BCUT2D eigenvalue weighted by molar-refractivity contribution is 0.775. The third-order valence-corrected chi connectivity index (χ3v) is 13.9. The van der Waals surface area contributed by atoms with E-state index in [9.17, 15) is 0 Å². The highest BCUT2D eigenvalue weighted by atomic mass is 14.9. The normalized spacial score (nSPS) is 12.6. The van der Waals surface area contributed by atoms with Crippen LogP contribution in [0.25, 0.3) is 101 Å². The van der Waals surface area contributed by atoms with Crippen LogP contribution in [0, 0.1) is 0 Å². The lowest BCUT2D eigenvalue weighted by Gasteiger charge is -2.35. The molecule has 0 bridgehead atoms. The molecule has 0 saturated carbocycles. The molecular weight excluding hydrogens is 809 g/mol. The molecule has 0 radical (unpaired) electrons. The van der Waals surface area contributed by atoms with Crippen LogP contribution < -0.4 is 0 Å². The Morgan fingerprint density at radius 1 is 0.209 bits per heavy atom. The molecule has 2 nitrogen and oxygen atoms in total. The van der Waals surface area contributed by atoms with E-state index >= 15 is 0 Å². The fourth-order valence-electron chi connectivity index (χ4n) is 10.9. The second-order valence-corrected chi connectivity index (χ2v) is 17.6. The highest BCUT2D eigenvalue weighted by Crippen LogP contribution is 2.61. The summed E-state index contributed by atoms with van der Waals surface area (Å²) in [6.07, 6.45) is 0. The summed E-state index contributed by atoms with van der Waals surface area (Å²) in [6, 6.07) is 92.6. The molecular formula is C65H42N2. The summed E-state index contributed by atoms with van der Waals surface area (Å²) in [5.41, 5.74) is 23.6. The van der Waals surface area contributed by atoms with Crippen LogP contribution in [0.3, 0.4) is 0 Å². The number of fused-ring (bicyclic) bond motifs is 12. The van der Waals surface area contributed by atoms with Crippen molar-refractivity contribution in [3.63, 3.8) is 0 Å². The summed E-state index contributed by atoms with van der Waals surface area (Å²) in [7, 11) is 0. The molecule has 67 heavy (non-hydrogen) atoms. The van der Waals surface area contributed by atoms with Gasteiger partial charge in [0.05, 0.1) is 16.8 Å². The maximum Gasteiger partial charge on any atom is 0.160 e. The zero-order valence-corrected chi connectivity index (χ0v) is 36.6. The summed E-state index contributed by atoms with van der Waals surface area (Å²) >= 11 is 0. The van der Waals surface area contributed by atoms with Crippen LogP contribution in [-0.4, -0.2) is 9.97 Å². The first-order chi connectivity index (χ1) is 33.2. The summed E-state index contributed by atoms with van der Waals surface area (Å²) in [6.45, 7) is 0. The van der Waals surface area contributed by atoms with Gasteiger partial charge in [0.2, 0.25) is 0 Å². The van der Waals surface area contributed by atoms with Gasteiger partial charge in [0.25, 0.3) is 0 Å². The average molecular weight is 851 g/mol. The summed E-state index contributed by atoms with van der Waals surface area (Å²) in [4.78, 5) is 11.0. The predicted molar refractivity (Wildman–Crippen MR) is 276 cm³/mol. The zero-order valence-electron chi connectivity index (χ0n) is 36.6. The molecule has 0 unspecified atom stereocenters. The van der Waals surface area contributed by atoms with Crippen molar-refractivity contribution in [2.75, 3.05) is 0 Å². The van der Waals surface area contributed by atoms with Crippen molar-refractivity contribution in [3.05, 3.63) is 277 Å². The second kappa shape index (κ2) is 15.8. The Morgan fingerprint density at radius 3 is 1.10 bits per heavy atom. The van der Waals surface area contributed by atoms with E-state index in [4.69, 9.17) is 9.97 Å². The van der Waals surface area contributed by atoms with Gasteiger partial charge in [-0.2, -0.15) is 0 Å². The molecule has 2 heteroatoms. The summed E-state index contributed by atoms with van der Waals surface area (Å²) in [5.74, 6) is 0.672. The fourth-order valence-corrected chi connectivity index (χ4v) is 10.9. The van der Waals surface area contributed by atoms with Crippen molar-refractivity contribution < 1.29 is 0 Å². The summed E-state index contributed by atoms with van der Waals surface area (Å²) < 4.78 is 0. The van der Waals surface area contributed by atoms with Crippen LogP contribution in [0.1, 0.15) is 22.3 Å². The predicted octanol–water partition coefficient (Wildman–Crippen LogP) is 16.5.